The van der Waals surface area contributed by atoms with Crippen LogP contribution in [0.25, 0.3) is 0 Å². The monoisotopic (exact) mass is 263 g/mol. The summed E-state index contributed by atoms with van der Waals surface area (Å²) in [6.07, 6.45) is -0.0363. The summed E-state index contributed by atoms with van der Waals surface area (Å²) < 4.78 is 22.5. The van der Waals surface area contributed by atoms with E-state index in [0.717, 1.165) is 25.4 Å². The van der Waals surface area contributed by atoms with Crippen LogP contribution >= 0.6 is 0 Å². The maximum absolute atomic E-state index is 5.77. The predicted molar refractivity (Wildman–Crippen MR) is 70.9 cm³/mol. The van der Waals surface area contributed by atoms with Gasteiger partial charge in [-0.1, -0.05) is 18.2 Å². The van der Waals surface area contributed by atoms with E-state index in [-0.39, 0.29) is 6.10 Å². The average molecular weight is 263 g/mol. The Hall–Kier alpha value is -1.08. The van der Waals surface area contributed by atoms with Gasteiger partial charge in [0.05, 0.1) is 6.10 Å². The second kappa shape index (κ2) is 6.39. The Balaban J connectivity index is 1.57. The summed E-state index contributed by atoms with van der Waals surface area (Å²) >= 11 is 0. The molecule has 3 fully saturated rings. The zero-order valence-electron chi connectivity index (χ0n) is 10.9. The third-order valence-electron chi connectivity index (χ3n) is 3.27. The van der Waals surface area contributed by atoms with E-state index in [1.165, 1.54) is 0 Å². The molecule has 0 N–H and O–H groups in total. The fourth-order valence-electron chi connectivity index (χ4n) is 2.26. The molecule has 0 spiro atoms. The highest BCUT2D eigenvalue weighted by molar-refractivity contribution is 6.36. The van der Waals surface area contributed by atoms with Gasteiger partial charge in [0.15, 0.2) is 0 Å². The Morgan fingerprint density at radius 2 is 1.89 bits per heavy atom. The molecule has 4 rings (SSSR count). The minimum atomic E-state index is -0.549. The molecular weight excluding hydrogens is 245 g/mol. The lowest BCUT2D eigenvalue weighted by atomic mass is 10.1. The number of nitrogens with zero attached hydrogens (tertiary/aromatic N) is 1. The van der Waals surface area contributed by atoms with Crippen molar-refractivity contribution in [1.29, 1.82) is 0 Å². The molecule has 1 atom stereocenters. The van der Waals surface area contributed by atoms with E-state index in [2.05, 4.69) is 4.90 Å². The molecule has 1 aromatic carbocycles. The van der Waals surface area contributed by atoms with Crippen LogP contribution in [0.4, 0.5) is 0 Å². The standard InChI is InChI=1S/C13H18BNO4/c1-2-4-12(5-3-1)16-11-13-10-15-6-8-17-14(19-13)18-9-7-15/h1-5,13H,6-11H2/t13-/m0/s1. The molecule has 2 bridgehead atoms. The smallest absolute Gasteiger partial charge is 0.491 e. The van der Waals surface area contributed by atoms with Gasteiger partial charge in [-0.25, -0.2) is 0 Å². The van der Waals surface area contributed by atoms with Crippen molar-refractivity contribution in [2.75, 3.05) is 39.5 Å². The quantitative estimate of drug-likeness (QED) is 0.754. The van der Waals surface area contributed by atoms with Crippen molar-refractivity contribution in [1.82, 2.24) is 4.90 Å². The van der Waals surface area contributed by atoms with Crippen molar-refractivity contribution in [3.8, 4) is 5.75 Å². The van der Waals surface area contributed by atoms with Crippen LogP contribution in [-0.4, -0.2) is 57.8 Å². The number of benzene rings is 1. The topological polar surface area (TPSA) is 40.2 Å². The van der Waals surface area contributed by atoms with E-state index in [1.807, 2.05) is 30.3 Å². The molecule has 3 aliphatic rings. The summed E-state index contributed by atoms with van der Waals surface area (Å²) in [5.41, 5.74) is 0. The highest BCUT2D eigenvalue weighted by Crippen LogP contribution is 2.13. The molecule has 0 aromatic heterocycles. The number of hydrogen-bond acceptors (Lipinski definition) is 5. The van der Waals surface area contributed by atoms with E-state index in [1.54, 1.807) is 0 Å². The van der Waals surface area contributed by atoms with Crippen LogP contribution in [0.3, 0.4) is 0 Å². The number of para-hydroxylation sites is 1. The molecule has 0 aliphatic carbocycles. The lowest BCUT2D eigenvalue weighted by Crippen LogP contribution is -2.51. The van der Waals surface area contributed by atoms with Crippen molar-refractivity contribution in [2.45, 2.75) is 6.10 Å². The van der Waals surface area contributed by atoms with E-state index >= 15 is 0 Å². The number of hydrogen-bond donors (Lipinski definition) is 0. The summed E-state index contributed by atoms with van der Waals surface area (Å²) in [5.74, 6) is 0.857. The summed E-state index contributed by atoms with van der Waals surface area (Å²) in [5, 5.41) is 0. The van der Waals surface area contributed by atoms with Crippen molar-refractivity contribution >= 4 is 7.32 Å². The molecule has 5 nitrogen and oxygen atoms in total. The molecule has 6 heteroatoms. The number of fused-ring (bicyclic) bond motifs is 6. The first-order valence-electron chi connectivity index (χ1n) is 6.69. The Bertz CT molecular complexity index is 367. The highest BCUT2D eigenvalue weighted by Gasteiger charge is 2.32. The van der Waals surface area contributed by atoms with Gasteiger partial charge in [0, 0.05) is 32.8 Å². The lowest BCUT2D eigenvalue weighted by molar-refractivity contribution is -0.0321. The molecule has 3 aliphatic heterocycles. The molecule has 102 valence electrons. The molecule has 0 unspecified atom stereocenters. The van der Waals surface area contributed by atoms with Crippen molar-refractivity contribution in [3.05, 3.63) is 30.3 Å². The Labute approximate surface area is 113 Å². The Morgan fingerprint density at radius 1 is 1.16 bits per heavy atom. The minimum absolute atomic E-state index is 0.0363. The van der Waals surface area contributed by atoms with Gasteiger partial charge in [-0.2, -0.15) is 0 Å². The lowest BCUT2D eigenvalue weighted by Gasteiger charge is -2.34. The van der Waals surface area contributed by atoms with E-state index in [0.29, 0.717) is 19.8 Å². The Morgan fingerprint density at radius 3 is 2.63 bits per heavy atom. The first kappa shape index (κ1) is 12.9. The number of ether oxygens (including phenoxy) is 1. The molecular formula is C13H18BNO4. The maximum atomic E-state index is 5.77. The fraction of sp³-hybridized carbons (Fsp3) is 0.538. The van der Waals surface area contributed by atoms with Crippen LogP contribution in [0.15, 0.2) is 30.3 Å². The van der Waals surface area contributed by atoms with Crippen LogP contribution in [0, 0.1) is 0 Å². The van der Waals surface area contributed by atoms with Crippen LogP contribution in [0.1, 0.15) is 0 Å². The molecule has 1 aromatic rings. The third kappa shape index (κ3) is 3.70. The summed E-state index contributed by atoms with van der Waals surface area (Å²) in [4.78, 5) is 2.29. The van der Waals surface area contributed by atoms with Crippen molar-refractivity contribution in [3.63, 3.8) is 0 Å². The zero-order valence-corrected chi connectivity index (χ0v) is 10.9. The molecule has 19 heavy (non-hydrogen) atoms. The van der Waals surface area contributed by atoms with Crippen molar-refractivity contribution in [2.24, 2.45) is 0 Å². The van der Waals surface area contributed by atoms with Gasteiger partial charge < -0.3 is 18.7 Å². The predicted octanol–water partition coefficient (Wildman–Crippen LogP) is 0.798. The SMILES string of the molecule is c1ccc(OC[C@@H]2CN3CCOB(OCC3)O2)cc1. The maximum Gasteiger partial charge on any atom is 0.639 e. The largest absolute Gasteiger partial charge is 0.639 e. The molecule has 3 heterocycles. The first-order chi connectivity index (χ1) is 9.40. The highest BCUT2D eigenvalue weighted by atomic mass is 16.7. The van der Waals surface area contributed by atoms with Gasteiger partial charge in [-0.05, 0) is 12.1 Å². The molecule has 0 amide bonds. The molecule has 0 radical (unpaired) electrons. The average Bonchev–Trinajstić information content (AvgIpc) is 2.36. The van der Waals surface area contributed by atoms with E-state index < -0.39 is 7.32 Å². The summed E-state index contributed by atoms with van der Waals surface area (Å²) in [6, 6.07) is 9.77. The second-order valence-corrected chi connectivity index (χ2v) is 4.71. The molecule has 0 saturated carbocycles. The van der Waals surface area contributed by atoms with E-state index in [9.17, 15) is 0 Å². The first-order valence-corrected chi connectivity index (χ1v) is 6.69. The Kier molecular flexibility index (Phi) is 4.35. The van der Waals surface area contributed by atoms with Gasteiger partial charge in [-0.3, -0.25) is 4.90 Å². The normalized spacial score (nSPS) is 27.5. The number of rotatable bonds is 3. The summed E-state index contributed by atoms with van der Waals surface area (Å²) in [6.45, 7) is 4.50. The zero-order chi connectivity index (χ0) is 12.9. The third-order valence-corrected chi connectivity index (χ3v) is 3.27. The van der Waals surface area contributed by atoms with Crippen LogP contribution < -0.4 is 4.74 Å². The van der Waals surface area contributed by atoms with Crippen LogP contribution in [0.5, 0.6) is 5.75 Å². The van der Waals surface area contributed by atoms with Gasteiger partial charge in [0.1, 0.15) is 12.4 Å². The van der Waals surface area contributed by atoms with Gasteiger partial charge >= 0.3 is 7.32 Å². The van der Waals surface area contributed by atoms with Crippen LogP contribution in [0.2, 0.25) is 0 Å². The van der Waals surface area contributed by atoms with Gasteiger partial charge in [-0.15, -0.1) is 0 Å². The van der Waals surface area contributed by atoms with E-state index in [4.69, 9.17) is 18.7 Å². The molecule has 3 saturated heterocycles. The van der Waals surface area contributed by atoms with Crippen molar-refractivity contribution < 1.29 is 18.7 Å². The van der Waals surface area contributed by atoms with Crippen LogP contribution in [-0.2, 0) is 14.0 Å². The van der Waals surface area contributed by atoms with Gasteiger partial charge in [0.2, 0.25) is 0 Å². The second-order valence-electron chi connectivity index (χ2n) is 4.71. The van der Waals surface area contributed by atoms with Gasteiger partial charge in [0.25, 0.3) is 0 Å². The fourth-order valence-corrected chi connectivity index (χ4v) is 2.26. The minimum Gasteiger partial charge on any atom is -0.491 e. The summed E-state index contributed by atoms with van der Waals surface area (Å²) in [7, 11) is -0.549.